The Bertz CT molecular complexity index is 996. The molecule has 0 aliphatic heterocycles. The molecule has 3 nitrogen and oxygen atoms in total. The third-order valence-corrected chi connectivity index (χ3v) is 5.32. The van der Waals surface area contributed by atoms with Crippen LogP contribution < -0.4 is 5.32 Å². The highest BCUT2D eigenvalue weighted by atomic mass is 79.9. The van der Waals surface area contributed by atoms with Gasteiger partial charge in [-0.15, -0.1) is 28.3 Å². The normalized spacial score (nSPS) is 11.1. The molecule has 1 aromatic heterocycles. The van der Waals surface area contributed by atoms with Gasteiger partial charge in [0.05, 0.1) is 5.69 Å². The van der Waals surface area contributed by atoms with E-state index in [-0.39, 0.29) is 22.4 Å². The van der Waals surface area contributed by atoms with Crippen LogP contribution in [0.1, 0.15) is 47.3 Å². The molecule has 0 radical (unpaired) electrons. The van der Waals surface area contributed by atoms with Crippen molar-refractivity contribution in [2.24, 2.45) is 0 Å². The van der Waals surface area contributed by atoms with Crippen molar-refractivity contribution < 1.29 is 13.6 Å². The lowest BCUT2D eigenvalue weighted by molar-refractivity contribution is 0.101. The highest BCUT2D eigenvalue weighted by Gasteiger charge is 2.25. The van der Waals surface area contributed by atoms with Gasteiger partial charge in [-0.05, 0) is 29.8 Å². The number of amides is 1. The zero-order chi connectivity index (χ0) is 20.5. The van der Waals surface area contributed by atoms with Crippen LogP contribution in [0.3, 0.4) is 0 Å². The van der Waals surface area contributed by atoms with E-state index in [2.05, 4.69) is 10.3 Å². The smallest absolute Gasteiger partial charge is 0.263 e. The zero-order valence-corrected chi connectivity index (χ0v) is 19.3. The van der Waals surface area contributed by atoms with Gasteiger partial charge in [-0.25, -0.2) is 13.8 Å². The first-order chi connectivity index (χ1) is 13.1. The van der Waals surface area contributed by atoms with Gasteiger partial charge in [-0.2, -0.15) is 0 Å². The third-order valence-electron chi connectivity index (χ3n) is 4.10. The van der Waals surface area contributed by atoms with Crippen molar-refractivity contribution in [3.8, 4) is 0 Å². The molecule has 1 heterocycles. The maximum absolute atomic E-state index is 13.9. The minimum atomic E-state index is -0.911. The van der Waals surface area contributed by atoms with E-state index in [0.717, 1.165) is 28.3 Å². The number of halogens is 4. The number of nitrogens with zero attached hydrogens (tertiary/aromatic N) is 1. The quantitative estimate of drug-likeness (QED) is 0.427. The van der Waals surface area contributed by atoms with Crippen molar-refractivity contribution in [2.75, 3.05) is 5.32 Å². The SMILES string of the molecule is Br.CC(C)(C)c1nc(NC(=O)c2c(F)cccc2F)sc1Cc1ccc(Cl)cc1. The summed E-state index contributed by atoms with van der Waals surface area (Å²) in [4.78, 5) is 17.9. The van der Waals surface area contributed by atoms with Crippen LogP contribution in [0.5, 0.6) is 0 Å². The van der Waals surface area contributed by atoms with Gasteiger partial charge in [-0.1, -0.05) is 50.6 Å². The van der Waals surface area contributed by atoms with Gasteiger partial charge >= 0.3 is 0 Å². The van der Waals surface area contributed by atoms with Gasteiger partial charge < -0.3 is 0 Å². The zero-order valence-electron chi connectivity index (χ0n) is 16.1. The Morgan fingerprint density at radius 3 is 2.24 bits per heavy atom. The van der Waals surface area contributed by atoms with E-state index in [4.69, 9.17) is 11.6 Å². The summed E-state index contributed by atoms with van der Waals surface area (Å²) in [6.45, 7) is 6.07. The number of benzene rings is 2. The van der Waals surface area contributed by atoms with Crippen LogP contribution in [0, 0.1) is 11.6 Å². The van der Waals surface area contributed by atoms with Crippen LogP contribution in [-0.4, -0.2) is 10.9 Å². The fraction of sp³-hybridized carbons (Fsp3) is 0.238. The van der Waals surface area contributed by atoms with Crippen molar-refractivity contribution in [1.29, 1.82) is 0 Å². The molecule has 0 unspecified atom stereocenters. The standard InChI is InChI=1S/C21H19ClF2N2OS.BrH/c1-21(2,3)18-16(11-12-7-9-13(22)10-8-12)28-20(25-18)26-19(27)17-14(23)5-4-6-15(17)24;/h4-10H,11H2,1-3H3,(H,25,26,27);1H. The van der Waals surface area contributed by atoms with Crippen molar-refractivity contribution in [3.63, 3.8) is 0 Å². The highest BCUT2D eigenvalue weighted by molar-refractivity contribution is 8.93. The van der Waals surface area contributed by atoms with Gasteiger partial charge in [0, 0.05) is 21.7 Å². The summed E-state index contributed by atoms with van der Waals surface area (Å²) in [5, 5.41) is 3.50. The van der Waals surface area contributed by atoms with E-state index in [9.17, 15) is 13.6 Å². The molecule has 154 valence electrons. The molecular formula is C21H20BrClF2N2OS. The second-order valence-electron chi connectivity index (χ2n) is 7.39. The molecule has 0 spiro atoms. The lowest BCUT2D eigenvalue weighted by Gasteiger charge is -2.17. The van der Waals surface area contributed by atoms with Crippen molar-refractivity contribution >= 4 is 51.0 Å². The fourth-order valence-corrected chi connectivity index (χ4v) is 4.10. The van der Waals surface area contributed by atoms with Gasteiger partial charge in [-0.3, -0.25) is 10.1 Å². The van der Waals surface area contributed by atoms with Crippen LogP contribution in [0.2, 0.25) is 5.02 Å². The number of carbonyl (C=O) groups excluding carboxylic acids is 1. The molecule has 1 amide bonds. The Morgan fingerprint density at radius 1 is 1.10 bits per heavy atom. The molecule has 0 aliphatic carbocycles. The summed E-state index contributed by atoms with van der Waals surface area (Å²) in [5.74, 6) is -2.68. The van der Waals surface area contributed by atoms with Crippen LogP contribution in [-0.2, 0) is 11.8 Å². The highest BCUT2D eigenvalue weighted by Crippen LogP contribution is 2.34. The maximum atomic E-state index is 13.9. The molecule has 0 aliphatic rings. The summed E-state index contributed by atoms with van der Waals surface area (Å²) in [6.07, 6.45) is 0.616. The van der Waals surface area contributed by atoms with Crippen molar-refractivity contribution in [2.45, 2.75) is 32.6 Å². The summed E-state index contributed by atoms with van der Waals surface area (Å²) in [7, 11) is 0. The topological polar surface area (TPSA) is 42.0 Å². The Hall–Kier alpha value is -1.83. The van der Waals surface area contributed by atoms with Crippen LogP contribution in [0.15, 0.2) is 42.5 Å². The largest absolute Gasteiger partial charge is 0.298 e. The number of hydrogen-bond acceptors (Lipinski definition) is 3. The molecular weight excluding hydrogens is 482 g/mol. The Labute approximate surface area is 187 Å². The van der Waals surface area contributed by atoms with Gasteiger partial charge in [0.2, 0.25) is 0 Å². The predicted molar refractivity (Wildman–Crippen MR) is 120 cm³/mol. The minimum Gasteiger partial charge on any atom is -0.298 e. The maximum Gasteiger partial charge on any atom is 0.263 e. The van der Waals surface area contributed by atoms with Gasteiger partial charge in [0.25, 0.3) is 5.91 Å². The lowest BCUT2D eigenvalue weighted by Crippen LogP contribution is -2.17. The van der Waals surface area contributed by atoms with Crippen LogP contribution in [0.25, 0.3) is 0 Å². The molecule has 0 saturated heterocycles. The van der Waals surface area contributed by atoms with E-state index in [0.29, 0.717) is 16.6 Å². The second-order valence-corrected chi connectivity index (χ2v) is 8.91. The number of rotatable bonds is 4. The molecule has 1 N–H and O–H groups in total. The summed E-state index contributed by atoms with van der Waals surface area (Å²) >= 11 is 7.24. The predicted octanol–water partition coefficient (Wildman–Crippen LogP) is 6.79. The number of carbonyl (C=O) groups is 1. The summed E-state index contributed by atoms with van der Waals surface area (Å²) in [6, 6.07) is 10.8. The first-order valence-corrected chi connectivity index (χ1v) is 9.84. The first-order valence-electron chi connectivity index (χ1n) is 8.65. The van der Waals surface area contributed by atoms with Crippen molar-refractivity contribution in [3.05, 3.63) is 80.8 Å². The molecule has 3 aromatic rings. The summed E-state index contributed by atoms with van der Waals surface area (Å²) < 4.78 is 27.7. The Kier molecular flexibility index (Phi) is 7.54. The average molecular weight is 502 g/mol. The molecule has 0 fully saturated rings. The van der Waals surface area contributed by atoms with Crippen molar-refractivity contribution in [1.82, 2.24) is 4.98 Å². The van der Waals surface area contributed by atoms with Gasteiger partial charge in [0.15, 0.2) is 5.13 Å². The monoisotopic (exact) mass is 500 g/mol. The number of aromatic nitrogens is 1. The van der Waals surface area contributed by atoms with E-state index in [1.807, 2.05) is 45.0 Å². The van der Waals surface area contributed by atoms with Crippen LogP contribution in [0.4, 0.5) is 13.9 Å². The molecule has 29 heavy (non-hydrogen) atoms. The van der Waals surface area contributed by atoms with E-state index >= 15 is 0 Å². The van der Waals surface area contributed by atoms with Gasteiger partial charge in [0.1, 0.15) is 17.2 Å². The van der Waals surface area contributed by atoms with E-state index in [1.54, 1.807) is 0 Å². The molecule has 0 saturated carbocycles. The number of anilines is 1. The number of nitrogens with one attached hydrogen (secondary N) is 1. The lowest BCUT2D eigenvalue weighted by atomic mass is 9.90. The summed E-state index contributed by atoms with van der Waals surface area (Å²) in [5.41, 5.74) is 1.01. The Balaban J connectivity index is 0.00000300. The Morgan fingerprint density at radius 2 is 1.69 bits per heavy atom. The third kappa shape index (κ3) is 5.62. The number of hydrogen-bond donors (Lipinski definition) is 1. The first kappa shape index (κ1) is 23.4. The molecule has 3 rings (SSSR count). The van der Waals surface area contributed by atoms with Crippen LogP contribution >= 0.6 is 39.9 Å². The minimum absolute atomic E-state index is 0. The molecule has 2 aromatic carbocycles. The number of thiazole rings is 1. The van der Waals surface area contributed by atoms with E-state index < -0.39 is 23.1 Å². The molecule has 0 atom stereocenters. The van der Waals surface area contributed by atoms with E-state index in [1.165, 1.54) is 17.4 Å². The molecule has 8 heteroatoms. The second kappa shape index (κ2) is 9.32. The fourth-order valence-electron chi connectivity index (χ4n) is 2.77. The molecule has 0 bridgehead atoms. The average Bonchev–Trinajstić information content (AvgIpc) is 2.99.